The first-order valence-electron chi connectivity index (χ1n) is 4.93. The van der Waals surface area contributed by atoms with Crippen LogP contribution in [0.2, 0.25) is 0 Å². The fourth-order valence-electron chi connectivity index (χ4n) is 1.72. The van der Waals surface area contributed by atoms with Gasteiger partial charge in [-0.1, -0.05) is 6.92 Å². The van der Waals surface area contributed by atoms with Crippen LogP contribution >= 0.6 is 0 Å². The highest BCUT2D eigenvalue weighted by atomic mass is 15.2. The number of hydrogen-bond donors (Lipinski definition) is 1. The van der Waals surface area contributed by atoms with Crippen molar-refractivity contribution < 1.29 is 0 Å². The van der Waals surface area contributed by atoms with Crippen LogP contribution < -0.4 is 10.6 Å². The van der Waals surface area contributed by atoms with Crippen molar-refractivity contribution in [2.75, 3.05) is 18.0 Å². The second-order valence-electron chi connectivity index (χ2n) is 3.92. The molecule has 2 heterocycles. The Morgan fingerprint density at radius 3 is 2.73 bits per heavy atom. The van der Waals surface area contributed by atoms with Crippen molar-refractivity contribution in [3.05, 3.63) is 18.1 Å². The van der Waals surface area contributed by atoms with Gasteiger partial charge in [-0.15, -0.1) is 0 Å². The standard InChI is InChI=1S/C10H13N5/c1-7-5-15(6-9(7)12)10-4-13-8(2-11)3-14-10/h3-4,7,9H,5-6,12H2,1H3. The van der Waals surface area contributed by atoms with Crippen LogP contribution in [0.3, 0.4) is 0 Å². The van der Waals surface area contributed by atoms with E-state index in [-0.39, 0.29) is 6.04 Å². The minimum Gasteiger partial charge on any atom is -0.353 e. The van der Waals surface area contributed by atoms with E-state index in [0.717, 1.165) is 18.9 Å². The first-order chi connectivity index (χ1) is 7.20. The second kappa shape index (κ2) is 3.83. The second-order valence-corrected chi connectivity index (χ2v) is 3.92. The Hall–Kier alpha value is -1.67. The summed E-state index contributed by atoms with van der Waals surface area (Å²) in [6.07, 6.45) is 3.12. The number of nitrogens with zero attached hydrogens (tertiary/aromatic N) is 4. The molecular formula is C10H13N5. The number of aromatic nitrogens is 2. The molecule has 0 saturated carbocycles. The average molecular weight is 203 g/mol. The molecule has 5 nitrogen and oxygen atoms in total. The van der Waals surface area contributed by atoms with Crippen LogP contribution in [0, 0.1) is 17.2 Å². The highest BCUT2D eigenvalue weighted by molar-refractivity contribution is 5.39. The van der Waals surface area contributed by atoms with E-state index < -0.39 is 0 Å². The Morgan fingerprint density at radius 1 is 1.47 bits per heavy atom. The van der Waals surface area contributed by atoms with E-state index in [9.17, 15) is 0 Å². The molecule has 0 aliphatic carbocycles. The normalized spacial score (nSPS) is 25.3. The van der Waals surface area contributed by atoms with Gasteiger partial charge in [-0.05, 0) is 5.92 Å². The van der Waals surface area contributed by atoms with Crippen molar-refractivity contribution in [3.63, 3.8) is 0 Å². The minimum absolute atomic E-state index is 0.197. The van der Waals surface area contributed by atoms with Gasteiger partial charge in [0, 0.05) is 19.1 Å². The van der Waals surface area contributed by atoms with Crippen LogP contribution in [0.25, 0.3) is 0 Å². The molecule has 2 atom stereocenters. The lowest BCUT2D eigenvalue weighted by Crippen LogP contribution is -2.28. The molecule has 2 rings (SSSR count). The summed E-state index contributed by atoms with van der Waals surface area (Å²) in [7, 11) is 0. The maximum Gasteiger partial charge on any atom is 0.158 e. The van der Waals surface area contributed by atoms with Crippen molar-refractivity contribution in [3.8, 4) is 6.07 Å². The Labute approximate surface area is 88.5 Å². The van der Waals surface area contributed by atoms with Crippen LogP contribution in [-0.2, 0) is 0 Å². The summed E-state index contributed by atoms with van der Waals surface area (Å²) < 4.78 is 0. The molecule has 0 aromatic carbocycles. The van der Waals surface area contributed by atoms with Crippen LogP contribution in [0.1, 0.15) is 12.6 Å². The number of anilines is 1. The van der Waals surface area contributed by atoms with Gasteiger partial charge in [0.2, 0.25) is 0 Å². The van der Waals surface area contributed by atoms with Crippen molar-refractivity contribution in [1.82, 2.24) is 9.97 Å². The Kier molecular flexibility index (Phi) is 2.52. The van der Waals surface area contributed by atoms with Gasteiger partial charge in [0.1, 0.15) is 11.9 Å². The highest BCUT2D eigenvalue weighted by Gasteiger charge is 2.27. The summed E-state index contributed by atoms with van der Waals surface area (Å²) in [6.45, 7) is 3.84. The van der Waals surface area contributed by atoms with Gasteiger partial charge >= 0.3 is 0 Å². The first kappa shape index (κ1) is 9.87. The number of hydrogen-bond acceptors (Lipinski definition) is 5. The largest absolute Gasteiger partial charge is 0.353 e. The Morgan fingerprint density at radius 2 is 2.27 bits per heavy atom. The quantitative estimate of drug-likeness (QED) is 0.702. The molecule has 0 radical (unpaired) electrons. The van der Waals surface area contributed by atoms with Crippen LogP contribution in [0.5, 0.6) is 0 Å². The molecule has 1 aliphatic rings. The van der Waals surface area contributed by atoms with Crippen molar-refractivity contribution in [2.45, 2.75) is 13.0 Å². The lowest BCUT2D eigenvalue weighted by molar-refractivity contribution is 0.566. The third kappa shape index (κ3) is 1.90. The van der Waals surface area contributed by atoms with Crippen LogP contribution in [-0.4, -0.2) is 29.1 Å². The fourth-order valence-corrected chi connectivity index (χ4v) is 1.72. The fraction of sp³-hybridized carbons (Fsp3) is 0.500. The van der Waals surface area contributed by atoms with Crippen LogP contribution in [0.4, 0.5) is 5.82 Å². The molecule has 1 aromatic rings. The zero-order chi connectivity index (χ0) is 10.8. The third-order valence-electron chi connectivity index (χ3n) is 2.75. The van der Waals surface area contributed by atoms with E-state index >= 15 is 0 Å². The molecule has 1 aromatic heterocycles. The van der Waals surface area contributed by atoms with E-state index in [1.165, 1.54) is 6.20 Å². The zero-order valence-corrected chi connectivity index (χ0v) is 8.59. The number of rotatable bonds is 1. The summed E-state index contributed by atoms with van der Waals surface area (Å²) in [5, 5.41) is 8.59. The summed E-state index contributed by atoms with van der Waals surface area (Å²) in [6, 6.07) is 2.14. The topological polar surface area (TPSA) is 78.8 Å². The van der Waals surface area contributed by atoms with E-state index in [2.05, 4.69) is 21.8 Å². The van der Waals surface area contributed by atoms with Crippen molar-refractivity contribution in [1.29, 1.82) is 5.26 Å². The summed E-state index contributed by atoms with van der Waals surface area (Å²) >= 11 is 0. The van der Waals surface area contributed by atoms with Gasteiger partial charge in [0.25, 0.3) is 0 Å². The first-order valence-corrected chi connectivity index (χ1v) is 4.93. The third-order valence-corrected chi connectivity index (χ3v) is 2.75. The highest BCUT2D eigenvalue weighted by Crippen LogP contribution is 2.19. The van der Waals surface area contributed by atoms with Gasteiger partial charge in [0.05, 0.1) is 12.4 Å². The van der Waals surface area contributed by atoms with Crippen molar-refractivity contribution in [2.24, 2.45) is 11.7 Å². The van der Waals surface area contributed by atoms with Gasteiger partial charge in [-0.3, -0.25) is 0 Å². The SMILES string of the molecule is CC1CN(c2cnc(C#N)cn2)CC1N. The summed E-state index contributed by atoms with van der Waals surface area (Å²) in [5.41, 5.74) is 6.26. The van der Waals surface area contributed by atoms with Crippen molar-refractivity contribution >= 4 is 5.82 Å². The molecule has 0 spiro atoms. The number of nitriles is 1. The smallest absolute Gasteiger partial charge is 0.158 e. The molecule has 2 unspecified atom stereocenters. The van der Waals surface area contributed by atoms with E-state index in [0.29, 0.717) is 11.6 Å². The van der Waals surface area contributed by atoms with Gasteiger partial charge < -0.3 is 10.6 Å². The zero-order valence-electron chi connectivity index (χ0n) is 8.59. The molecule has 15 heavy (non-hydrogen) atoms. The molecule has 5 heteroatoms. The lowest BCUT2D eigenvalue weighted by Gasteiger charge is -2.15. The monoisotopic (exact) mass is 203 g/mol. The molecular weight excluding hydrogens is 190 g/mol. The van der Waals surface area contributed by atoms with Gasteiger partial charge in [-0.25, -0.2) is 9.97 Å². The molecule has 0 bridgehead atoms. The average Bonchev–Trinajstić information content (AvgIpc) is 2.59. The van der Waals surface area contributed by atoms with E-state index in [4.69, 9.17) is 11.0 Å². The predicted octanol–water partition coefficient (Wildman–Crippen LogP) is 0.132. The molecule has 1 saturated heterocycles. The van der Waals surface area contributed by atoms with E-state index in [1.54, 1.807) is 6.20 Å². The van der Waals surface area contributed by atoms with Crippen LogP contribution in [0.15, 0.2) is 12.4 Å². The maximum atomic E-state index is 8.59. The predicted molar refractivity (Wildman–Crippen MR) is 56.1 cm³/mol. The van der Waals surface area contributed by atoms with Gasteiger partial charge in [0.15, 0.2) is 5.69 Å². The molecule has 1 aliphatic heterocycles. The molecule has 2 N–H and O–H groups in total. The molecule has 0 amide bonds. The lowest BCUT2D eigenvalue weighted by atomic mass is 10.1. The summed E-state index contributed by atoms with van der Waals surface area (Å²) in [4.78, 5) is 10.3. The molecule has 78 valence electrons. The Bertz CT molecular complexity index is 370. The number of nitrogens with two attached hydrogens (primary N) is 1. The minimum atomic E-state index is 0.197. The van der Waals surface area contributed by atoms with Gasteiger partial charge in [-0.2, -0.15) is 5.26 Å². The summed E-state index contributed by atoms with van der Waals surface area (Å²) in [5.74, 6) is 1.27. The maximum absolute atomic E-state index is 8.59. The van der Waals surface area contributed by atoms with E-state index in [1.807, 2.05) is 6.07 Å². The Balaban J connectivity index is 2.14. The molecule has 1 fully saturated rings.